The van der Waals surface area contributed by atoms with Crippen LogP contribution in [0.1, 0.15) is 13.8 Å². The van der Waals surface area contributed by atoms with E-state index >= 15 is 0 Å². The van der Waals surface area contributed by atoms with E-state index in [1.807, 2.05) is 44.2 Å². The third kappa shape index (κ3) is 4.39. The van der Waals surface area contributed by atoms with E-state index in [9.17, 15) is 4.79 Å². The first kappa shape index (κ1) is 17.2. The highest BCUT2D eigenvalue weighted by Crippen LogP contribution is 2.28. The van der Waals surface area contributed by atoms with Crippen molar-refractivity contribution in [2.45, 2.75) is 18.7 Å². The Labute approximate surface area is 141 Å². The first-order valence-electron chi connectivity index (χ1n) is 7.64. The molecule has 0 amide bonds. The van der Waals surface area contributed by atoms with E-state index in [2.05, 4.69) is 34.0 Å². The van der Waals surface area contributed by atoms with Crippen molar-refractivity contribution < 1.29 is 9.53 Å². The molecule has 0 aliphatic rings. The Bertz CT molecular complexity index is 765. The van der Waals surface area contributed by atoms with Crippen LogP contribution >= 0.6 is 11.8 Å². The minimum atomic E-state index is -0.209. The van der Waals surface area contributed by atoms with Crippen molar-refractivity contribution in [3.05, 3.63) is 54.6 Å². The zero-order valence-electron chi connectivity index (χ0n) is 13.6. The summed E-state index contributed by atoms with van der Waals surface area (Å²) >= 11 is 1.48. The lowest BCUT2D eigenvalue weighted by molar-refractivity contribution is -0.137. The number of methoxy groups -OCH3 is 1. The third-order valence-electron chi connectivity index (χ3n) is 3.26. The number of nitrogens with one attached hydrogen (secondary N) is 1. The van der Waals surface area contributed by atoms with Gasteiger partial charge in [-0.1, -0.05) is 44.2 Å². The molecule has 23 heavy (non-hydrogen) atoms. The second-order valence-electron chi connectivity index (χ2n) is 4.66. The van der Waals surface area contributed by atoms with Gasteiger partial charge in [-0.25, -0.2) is 0 Å². The Balaban J connectivity index is 0.000000924. The minimum Gasteiger partial charge on any atom is -0.468 e. The number of thioether (sulfide) groups is 1. The van der Waals surface area contributed by atoms with Crippen LogP contribution in [0.5, 0.6) is 0 Å². The molecule has 3 aromatic rings. The summed E-state index contributed by atoms with van der Waals surface area (Å²) in [5, 5.41) is 1.14. The Kier molecular flexibility index (Phi) is 6.29. The Morgan fingerprint density at radius 1 is 1.09 bits per heavy atom. The number of ether oxygens (including phenoxy) is 1. The fourth-order valence-corrected chi connectivity index (χ4v) is 2.95. The minimum absolute atomic E-state index is 0.209. The highest BCUT2D eigenvalue weighted by Gasteiger charge is 2.06. The van der Waals surface area contributed by atoms with Crippen LogP contribution in [-0.4, -0.2) is 23.8 Å². The molecule has 2 aromatic carbocycles. The van der Waals surface area contributed by atoms with Gasteiger partial charge in [-0.05, 0) is 29.8 Å². The lowest BCUT2D eigenvalue weighted by Gasteiger charge is -2.00. The van der Waals surface area contributed by atoms with Crippen LogP contribution in [-0.2, 0) is 9.53 Å². The molecule has 3 rings (SSSR count). The molecule has 0 atom stereocenters. The van der Waals surface area contributed by atoms with Crippen LogP contribution in [0.25, 0.3) is 22.2 Å². The van der Waals surface area contributed by atoms with Crippen molar-refractivity contribution >= 4 is 28.6 Å². The number of aromatic nitrogens is 1. The van der Waals surface area contributed by atoms with Crippen molar-refractivity contribution in [1.29, 1.82) is 0 Å². The van der Waals surface area contributed by atoms with Gasteiger partial charge in [0, 0.05) is 21.5 Å². The SMILES string of the molecule is CC.COC(=O)CSc1ccc2[nH]c(-c3ccccc3)cc2c1. The molecule has 0 radical (unpaired) electrons. The molecule has 0 unspecified atom stereocenters. The average molecular weight is 327 g/mol. The predicted octanol–water partition coefficient (Wildman–Crippen LogP) is 5.13. The molecule has 0 spiro atoms. The van der Waals surface area contributed by atoms with Gasteiger partial charge in [-0.15, -0.1) is 11.8 Å². The van der Waals surface area contributed by atoms with Crippen LogP contribution < -0.4 is 0 Å². The number of esters is 1. The summed E-state index contributed by atoms with van der Waals surface area (Å²) < 4.78 is 4.66. The van der Waals surface area contributed by atoms with Gasteiger partial charge in [0.05, 0.1) is 12.9 Å². The molecule has 120 valence electrons. The van der Waals surface area contributed by atoms with E-state index in [4.69, 9.17) is 0 Å². The third-order valence-corrected chi connectivity index (χ3v) is 4.23. The molecule has 0 bridgehead atoms. The van der Waals surface area contributed by atoms with Gasteiger partial charge in [0.1, 0.15) is 0 Å². The second kappa shape index (κ2) is 8.44. The largest absolute Gasteiger partial charge is 0.468 e. The summed E-state index contributed by atoms with van der Waals surface area (Å²) in [5.41, 5.74) is 3.36. The lowest BCUT2D eigenvalue weighted by Crippen LogP contribution is -2.02. The number of fused-ring (bicyclic) bond motifs is 1. The van der Waals surface area contributed by atoms with Crippen LogP contribution in [0.3, 0.4) is 0 Å². The number of benzene rings is 2. The van der Waals surface area contributed by atoms with Gasteiger partial charge in [-0.3, -0.25) is 4.79 Å². The molecule has 1 aromatic heterocycles. The number of carbonyl (C=O) groups is 1. The van der Waals surface area contributed by atoms with Crippen LogP contribution in [0.4, 0.5) is 0 Å². The molecule has 0 aliphatic heterocycles. The van der Waals surface area contributed by atoms with Gasteiger partial charge in [-0.2, -0.15) is 0 Å². The Morgan fingerprint density at radius 2 is 1.83 bits per heavy atom. The summed E-state index contributed by atoms with van der Waals surface area (Å²) in [6, 6.07) is 18.5. The highest BCUT2D eigenvalue weighted by molar-refractivity contribution is 8.00. The van der Waals surface area contributed by atoms with Gasteiger partial charge in [0.25, 0.3) is 0 Å². The first-order chi connectivity index (χ1) is 11.3. The van der Waals surface area contributed by atoms with E-state index in [1.165, 1.54) is 18.9 Å². The van der Waals surface area contributed by atoms with Crippen molar-refractivity contribution in [2.75, 3.05) is 12.9 Å². The fraction of sp³-hybridized carbons (Fsp3) is 0.211. The summed E-state index contributed by atoms with van der Waals surface area (Å²) in [6.45, 7) is 4.00. The Hall–Kier alpha value is -2.20. The molecular formula is C19H21NO2S. The number of hydrogen-bond donors (Lipinski definition) is 1. The van der Waals surface area contributed by atoms with E-state index in [0.717, 1.165) is 27.1 Å². The van der Waals surface area contributed by atoms with Crippen LogP contribution in [0.2, 0.25) is 0 Å². The van der Waals surface area contributed by atoms with Crippen LogP contribution in [0.15, 0.2) is 59.5 Å². The van der Waals surface area contributed by atoms with Gasteiger partial charge >= 0.3 is 5.97 Å². The number of rotatable bonds is 4. The quantitative estimate of drug-likeness (QED) is 0.534. The molecule has 0 saturated carbocycles. The molecule has 3 nitrogen and oxygen atoms in total. The molecule has 1 heterocycles. The van der Waals surface area contributed by atoms with E-state index < -0.39 is 0 Å². The molecule has 0 fully saturated rings. The van der Waals surface area contributed by atoms with Crippen molar-refractivity contribution in [3.63, 3.8) is 0 Å². The summed E-state index contributed by atoms with van der Waals surface area (Å²) in [7, 11) is 1.41. The van der Waals surface area contributed by atoms with Crippen molar-refractivity contribution in [2.24, 2.45) is 0 Å². The fourth-order valence-electron chi connectivity index (χ4n) is 2.17. The lowest BCUT2D eigenvalue weighted by atomic mass is 10.1. The maximum Gasteiger partial charge on any atom is 0.315 e. The monoisotopic (exact) mass is 327 g/mol. The van der Waals surface area contributed by atoms with E-state index in [0.29, 0.717) is 5.75 Å². The van der Waals surface area contributed by atoms with Crippen molar-refractivity contribution in [3.8, 4) is 11.3 Å². The zero-order chi connectivity index (χ0) is 16.7. The summed E-state index contributed by atoms with van der Waals surface area (Å²) in [5.74, 6) is 0.122. The molecule has 0 saturated heterocycles. The standard InChI is InChI=1S/C17H15NO2S.C2H6/c1-20-17(19)11-21-14-7-8-15-13(9-14)10-16(18-15)12-5-3-2-4-6-12;1-2/h2-10,18H,11H2,1H3;1-2H3. The molecular weight excluding hydrogens is 306 g/mol. The first-order valence-corrected chi connectivity index (χ1v) is 8.62. The number of aromatic amines is 1. The number of carbonyl (C=O) groups excluding carboxylic acids is 1. The van der Waals surface area contributed by atoms with Gasteiger partial charge in [0.2, 0.25) is 0 Å². The molecule has 1 N–H and O–H groups in total. The van der Waals surface area contributed by atoms with E-state index in [-0.39, 0.29) is 5.97 Å². The Morgan fingerprint density at radius 3 is 2.52 bits per heavy atom. The van der Waals surface area contributed by atoms with Crippen LogP contribution in [0, 0.1) is 0 Å². The molecule has 4 heteroatoms. The highest BCUT2D eigenvalue weighted by atomic mass is 32.2. The van der Waals surface area contributed by atoms with Gasteiger partial charge < -0.3 is 9.72 Å². The summed E-state index contributed by atoms with van der Waals surface area (Å²) in [6.07, 6.45) is 0. The maximum atomic E-state index is 11.2. The van der Waals surface area contributed by atoms with Crippen molar-refractivity contribution in [1.82, 2.24) is 4.98 Å². The van der Waals surface area contributed by atoms with Gasteiger partial charge in [0.15, 0.2) is 0 Å². The summed E-state index contributed by atoms with van der Waals surface area (Å²) in [4.78, 5) is 15.7. The topological polar surface area (TPSA) is 42.1 Å². The second-order valence-corrected chi connectivity index (χ2v) is 5.71. The number of H-pyrrole nitrogens is 1. The molecule has 0 aliphatic carbocycles. The zero-order valence-corrected chi connectivity index (χ0v) is 14.4. The average Bonchev–Trinajstić information content (AvgIpc) is 3.05. The predicted molar refractivity (Wildman–Crippen MR) is 97.8 cm³/mol. The number of hydrogen-bond acceptors (Lipinski definition) is 3. The maximum absolute atomic E-state index is 11.2. The van der Waals surface area contributed by atoms with E-state index in [1.54, 1.807) is 0 Å². The smallest absolute Gasteiger partial charge is 0.315 e. The normalized spacial score (nSPS) is 10.0.